The average Bonchev–Trinajstić information content (AvgIpc) is 2.77. The lowest BCUT2D eigenvalue weighted by Crippen LogP contribution is -2.43. The molecule has 0 radical (unpaired) electrons. The molecule has 29 heavy (non-hydrogen) atoms. The van der Waals surface area contributed by atoms with Crippen molar-refractivity contribution < 1.29 is 9.90 Å². The van der Waals surface area contributed by atoms with Crippen LogP contribution in [0.2, 0.25) is 0 Å². The summed E-state index contributed by atoms with van der Waals surface area (Å²) in [6.07, 6.45) is 6.42. The molecule has 154 valence electrons. The molecule has 4 heteroatoms. The van der Waals surface area contributed by atoms with E-state index in [-0.39, 0.29) is 24.5 Å². The van der Waals surface area contributed by atoms with E-state index >= 15 is 0 Å². The molecule has 3 rings (SSSR count). The van der Waals surface area contributed by atoms with Crippen molar-refractivity contribution >= 4 is 12.1 Å². The molecular formula is C25H32N2O2. The molecule has 2 aromatic rings. The highest BCUT2D eigenvalue weighted by molar-refractivity contribution is 5.89. The van der Waals surface area contributed by atoms with Gasteiger partial charge in [-0.05, 0) is 62.6 Å². The monoisotopic (exact) mass is 392 g/mol. The fourth-order valence-corrected chi connectivity index (χ4v) is 3.92. The van der Waals surface area contributed by atoms with Crippen LogP contribution in [0.15, 0.2) is 59.6 Å². The number of nitrogens with one attached hydrogen (secondary N) is 1. The van der Waals surface area contributed by atoms with Crippen LogP contribution in [0, 0.1) is 18.8 Å². The van der Waals surface area contributed by atoms with Gasteiger partial charge in [0.25, 0.3) is 5.91 Å². The molecule has 0 saturated carbocycles. The molecule has 1 aliphatic rings. The largest absolute Gasteiger partial charge is 0.396 e. The maximum atomic E-state index is 12.6. The first-order valence-electron chi connectivity index (χ1n) is 10.7. The second kappa shape index (κ2) is 11.0. The van der Waals surface area contributed by atoms with Gasteiger partial charge in [-0.25, -0.2) is 4.99 Å². The molecule has 2 aromatic carbocycles. The normalized spacial score (nSPS) is 20.6. The van der Waals surface area contributed by atoms with E-state index in [9.17, 15) is 9.90 Å². The molecule has 3 atom stereocenters. The third-order valence-electron chi connectivity index (χ3n) is 5.76. The van der Waals surface area contributed by atoms with Gasteiger partial charge in [0.1, 0.15) is 0 Å². The summed E-state index contributed by atoms with van der Waals surface area (Å²) in [6.45, 7) is 2.95. The molecule has 2 N–H and O–H groups in total. The van der Waals surface area contributed by atoms with E-state index in [0.29, 0.717) is 12.3 Å². The summed E-state index contributed by atoms with van der Waals surface area (Å²) in [4.78, 5) is 16.8. The number of carbonyl (C=O) groups excluding carboxylic acids is 1. The molecule has 0 aromatic heterocycles. The Morgan fingerprint density at radius 2 is 1.93 bits per heavy atom. The molecule has 1 unspecified atom stereocenters. The number of aliphatic hydroxyl groups excluding tert-OH is 1. The molecule has 1 saturated heterocycles. The van der Waals surface area contributed by atoms with Crippen LogP contribution in [0.4, 0.5) is 0 Å². The van der Waals surface area contributed by atoms with Gasteiger partial charge in [0.2, 0.25) is 0 Å². The molecule has 0 aliphatic carbocycles. The smallest absolute Gasteiger partial charge is 0.262 e. The number of aryl methyl sites for hydroxylation is 2. The van der Waals surface area contributed by atoms with Crippen molar-refractivity contribution in [2.45, 2.75) is 45.1 Å². The third kappa shape index (κ3) is 6.91. The van der Waals surface area contributed by atoms with E-state index in [1.165, 1.54) is 11.1 Å². The van der Waals surface area contributed by atoms with Crippen molar-refractivity contribution in [2.24, 2.45) is 16.8 Å². The lowest BCUT2D eigenvalue weighted by molar-refractivity contribution is -0.120. The van der Waals surface area contributed by atoms with E-state index < -0.39 is 0 Å². The summed E-state index contributed by atoms with van der Waals surface area (Å²) in [5.41, 5.74) is 3.78. The van der Waals surface area contributed by atoms with Gasteiger partial charge in [-0.15, -0.1) is 0 Å². The number of hydrogen-bond acceptors (Lipinski definition) is 3. The van der Waals surface area contributed by atoms with Crippen LogP contribution in [0.1, 0.15) is 36.0 Å². The summed E-state index contributed by atoms with van der Waals surface area (Å²) < 4.78 is 0. The van der Waals surface area contributed by atoms with Crippen molar-refractivity contribution in [1.82, 2.24) is 5.32 Å². The predicted octanol–water partition coefficient (Wildman–Crippen LogP) is 3.74. The third-order valence-corrected chi connectivity index (χ3v) is 5.76. The zero-order valence-corrected chi connectivity index (χ0v) is 17.3. The Morgan fingerprint density at radius 3 is 2.66 bits per heavy atom. The minimum atomic E-state index is -0.209. The van der Waals surface area contributed by atoms with E-state index in [0.717, 1.165) is 37.8 Å². The van der Waals surface area contributed by atoms with Crippen LogP contribution in [-0.4, -0.2) is 36.4 Å². The van der Waals surface area contributed by atoms with E-state index in [4.69, 9.17) is 0 Å². The maximum absolute atomic E-state index is 12.6. The Kier molecular flexibility index (Phi) is 8.14. The first-order chi connectivity index (χ1) is 14.1. The highest BCUT2D eigenvalue weighted by atomic mass is 16.3. The van der Waals surface area contributed by atoms with E-state index in [2.05, 4.69) is 41.5 Å². The quantitative estimate of drug-likeness (QED) is 0.673. The van der Waals surface area contributed by atoms with Gasteiger partial charge < -0.3 is 10.4 Å². The van der Waals surface area contributed by atoms with Crippen molar-refractivity contribution in [3.63, 3.8) is 0 Å². The summed E-state index contributed by atoms with van der Waals surface area (Å²) in [7, 11) is 0. The average molecular weight is 393 g/mol. The number of aliphatic imine (C=N–C) groups is 1. The van der Waals surface area contributed by atoms with Gasteiger partial charge in [-0.1, -0.05) is 60.2 Å². The lowest BCUT2D eigenvalue weighted by Gasteiger charge is -2.28. The number of rotatable bonds is 8. The van der Waals surface area contributed by atoms with E-state index in [1.54, 1.807) is 6.21 Å². The van der Waals surface area contributed by atoms with Crippen LogP contribution in [0.3, 0.4) is 0 Å². The number of nitrogens with zero attached hydrogens (tertiary/aromatic N) is 1. The Balaban J connectivity index is 1.49. The van der Waals surface area contributed by atoms with Gasteiger partial charge in [-0.2, -0.15) is 0 Å². The number of carbonyl (C=O) groups is 1. The number of aliphatic hydroxyl groups is 1. The number of amides is 1. The Hall–Kier alpha value is -2.30. The SMILES string of the molecule is Cc1ccc(CC[C@H]2CCN[C@@H](C(=O)/N=C/C(CO)Cc3ccccc3)C2)cc1. The van der Waals surface area contributed by atoms with E-state index in [1.807, 2.05) is 30.3 Å². The molecule has 1 aliphatic heterocycles. The number of hydrogen-bond donors (Lipinski definition) is 2. The molecular weight excluding hydrogens is 360 g/mol. The lowest BCUT2D eigenvalue weighted by atomic mass is 9.87. The van der Waals surface area contributed by atoms with Crippen LogP contribution < -0.4 is 5.32 Å². The van der Waals surface area contributed by atoms with Gasteiger partial charge >= 0.3 is 0 Å². The van der Waals surface area contributed by atoms with Crippen LogP contribution in [0.25, 0.3) is 0 Å². The highest BCUT2D eigenvalue weighted by Crippen LogP contribution is 2.23. The van der Waals surface area contributed by atoms with Crippen molar-refractivity contribution in [3.05, 3.63) is 71.3 Å². The summed E-state index contributed by atoms with van der Waals surface area (Å²) in [5.74, 6) is 0.290. The van der Waals surface area contributed by atoms with Crippen molar-refractivity contribution in [3.8, 4) is 0 Å². The highest BCUT2D eigenvalue weighted by Gasteiger charge is 2.26. The predicted molar refractivity (Wildman–Crippen MR) is 118 cm³/mol. The Labute approximate surface area is 174 Å². The number of benzene rings is 2. The zero-order valence-electron chi connectivity index (χ0n) is 17.3. The Bertz CT molecular complexity index is 786. The molecule has 1 amide bonds. The van der Waals surface area contributed by atoms with Gasteiger partial charge in [-0.3, -0.25) is 4.79 Å². The second-order valence-electron chi connectivity index (χ2n) is 8.17. The summed E-state index contributed by atoms with van der Waals surface area (Å²) in [5, 5.41) is 12.9. The minimum absolute atomic E-state index is 0.0110. The first-order valence-corrected chi connectivity index (χ1v) is 10.7. The van der Waals surface area contributed by atoms with Crippen LogP contribution in [-0.2, 0) is 17.6 Å². The molecule has 4 nitrogen and oxygen atoms in total. The van der Waals surface area contributed by atoms with Gasteiger partial charge in [0.05, 0.1) is 12.6 Å². The molecule has 0 spiro atoms. The minimum Gasteiger partial charge on any atom is -0.396 e. The van der Waals surface area contributed by atoms with Crippen molar-refractivity contribution in [1.29, 1.82) is 0 Å². The Morgan fingerprint density at radius 1 is 1.17 bits per heavy atom. The first kappa shape index (κ1) is 21.4. The van der Waals surface area contributed by atoms with Crippen LogP contribution >= 0.6 is 0 Å². The standard InChI is InChI=1S/C25H32N2O2/c1-19-7-9-20(10-8-19)11-12-22-13-14-26-24(16-22)25(29)27-17-23(18-28)15-21-5-3-2-4-6-21/h2-10,17,22-24,26,28H,11-16,18H2,1H3/b27-17+/t22-,23?,24+/m0/s1. The summed E-state index contributed by atoms with van der Waals surface area (Å²) in [6, 6.07) is 18.5. The van der Waals surface area contributed by atoms with Crippen LogP contribution in [0.5, 0.6) is 0 Å². The maximum Gasteiger partial charge on any atom is 0.262 e. The topological polar surface area (TPSA) is 61.7 Å². The van der Waals surface area contributed by atoms with Crippen molar-refractivity contribution in [2.75, 3.05) is 13.2 Å². The fourth-order valence-electron chi connectivity index (χ4n) is 3.92. The van der Waals surface area contributed by atoms with Gasteiger partial charge in [0.15, 0.2) is 0 Å². The second-order valence-corrected chi connectivity index (χ2v) is 8.17. The summed E-state index contributed by atoms with van der Waals surface area (Å²) >= 11 is 0. The fraction of sp³-hybridized carbons (Fsp3) is 0.440. The molecule has 0 bridgehead atoms. The zero-order chi connectivity index (χ0) is 20.5. The molecule has 1 heterocycles. The van der Waals surface area contributed by atoms with Gasteiger partial charge in [0, 0.05) is 12.1 Å². The molecule has 1 fully saturated rings. The number of piperidine rings is 1.